The molecule has 8 nitrogen and oxygen atoms in total. The predicted octanol–water partition coefficient (Wildman–Crippen LogP) is 4.28. The number of aromatic nitrogens is 2. The van der Waals surface area contributed by atoms with E-state index in [9.17, 15) is 4.79 Å². The first-order valence-corrected chi connectivity index (χ1v) is 8.97. The summed E-state index contributed by atoms with van der Waals surface area (Å²) in [6.07, 6.45) is 2.53. The number of ether oxygens (including phenoxy) is 2. The summed E-state index contributed by atoms with van der Waals surface area (Å²) in [5.41, 5.74) is 0.722. The summed E-state index contributed by atoms with van der Waals surface area (Å²) >= 11 is 0. The van der Waals surface area contributed by atoms with E-state index >= 15 is 0 Å². The first-order valence-electron chi connectivity index (χ1n) is 8.97. The normalized spacial score (nSPS) is 10.4. The lowest BCUT2D eigenvalue weighted by molar-refractivity contribution is 0.251. The molecule has 0 saturated heterocycles. The highest BCUT2D eigenvalue weighted by Gasteiger charge is 2.12. The van der Waals surface area contributed by atoms with Gasteiger partial charge in [-0.2, -0.15) is 0 Å². The van der Waals surface area contributed by atoms with E-state index in [1.807, 2.05) is 37.3 Å². The van der Waals surface area contributed by atoms with E-state index < -0.39 is 6.03 Å². The standard InChI is InChI=1S/C20H22N4O4/c1-3-11-26-16-8-4-5-9-17(16)27-19-15(7-6-10-21-19)13-22-20(25)23-18-12-14(2)28-24-18/h4-10,12H,3,11,13H2,1-2H3,(H2,22,23,24,25). The van der Waals surface area contributed by atoms with E-state index in [1.54, 1.807) is 25.3 Å². The second-order valence-electron chi connectivity index (χ2n) is 6.00. The molecule has 0 fully saturated rings. The smallest absolute Gasteiger partial charge is 0.320 e. The number of nitrogens with one attached hydrogen (secondary N) is 2. The fraction of sp³-hybridized carbons (Fsp3) is 0.250. The van der Waals surface area contributed by atoms with Gasteiger partial charge in [-0.3, -0.25) is 5.32 Å². The van der Waals surface area contributed by atoms with Crippen molar-refractivity contribution in [3.8, 4) is 17.4 Å². The molecule has 2 amide bonds. The maximum Gasteiger partial charge on any atom is 0.320 e. The van der Waals surface area contributed by atoms with Crippen molar-refractivity contribution in [2.24, 2.45) is 0 Å². The van der Waals surface area contributed by atoms with E-state index in [-0.39, 0.29) is 6.54 Å². The molecular formula is C20H22N4O4. The summed E-state index contributed by atoms with van der Waals surface area (Å²) in [4.78, 5) is 16.3. The Balaban J connectivity index is 1.65. The van der Waals surface area contributed by atoms with Gasteiger partial charge >= 0.3 is 6.03 Å². The molecule has 2 aromatic heterocycles. The third-order valence-electron chi connectivity index (χ3n) is 3.68. The molecule has 0 radical (unpaired) electrons. The van der Waals surface area contributed by atoms with Gasteiger partial charge in [-0.05, 0) is 31.5 Å². The van der Waals surface area contributed by atoms with E-state index in [0.717, 1.165) is 12.0 Å². The zero-order valence-electron chi connectivity index (χ0n) is 15.8. The Morgan fingerprint density at radius 2 is 2.00 bits per heavy atom. The summed E-state index contributed by atoms with van der Waals surface area (Å²) in [5.74, 6) is 2.57. The number of anilines is 1. The minimum Gasteiger partial charge on any atom is -0.490 e. The van der Waals surface area contributed by atoms with E-state index in [1.165, 1.54) is 0 Å². The van der Waals surface area contributed by atoms with Crippen molar-refractivity contribution in [3.63, 3.8) is 0 Å². The Morgan fingerprint density at radius 3 is 2.75 bits per heavy atom. The van der Waals surface area contributed by atoms with Gasteiger partial charge in [0.25, 0.3) is 0 Å². The topological polar surface area (TPSA) is 98.5 Å². The van der Waals surface area contributed by atoms with Crippen molar-refractivity contribution in [2.75, 3.05) is 11.9 Å². The van der Waals surface area contributed by atoms with Gasteiger partial charge in [-0.15, -0.1) is 0 Å². The third kappa shape index (κ3) is 5.23. The van der Waals surface area contributed by atoms with Crippen LogP contribution in [0, 0.1) is 6.92 Å². The number of hydrogen-bond acceptors (Lipinski definition) is 6. The molecular weight excluding hydrogens is 360 g/mol. The van der Waals surface area contributed by atoms with Gasteiger partial charge in [0.1, 0.15) is 5.76 Å². The molecule has 28 heavy (non-hydrogen) atoms. The largest absolute Gasteiger partial charge is 0.490 e. The number of carbonyl (C=O) groups is 1. The zero-order valence-corrected chi connectivity index (χ0v) is 15.8. The summed E-state index contributed by atoms with van der Waals surface area (Å²) in [6, 6.07) is 12.2. The number of aryl methyl sites for hydroxylation is 1. The molecule has 0 bridgehead atoms. The summed E-state index contributed by atoms with van der Waals surface area (Å²) in [7, 11) is 0. The van der Waals surface area contributed by atoms with Crippen LogP contribution in [0.1, 0.15) is 24.7 Å². The molecule has 0 atom stereocenters. The first kappa shape index (κ1) is 19.2. The molecule has 3 aromatic rings. The molecule has 146 valence electrons. The van der Waals surface area contributed by atoms with Crippen LogP contribution < -0.4 is 20.1 Å². The van der Waals surface area contributed by atoms with Gasteiger partial charge in [0, 0.05) is 24.4 Å². The number of urea groups is 1. The van der Waals surface area contributed by atoms with Gasteiger partial charge in [0.15, 0.2) is 17.3 Å². The quantitative estimate of drug-likeness (QED) is 0.603. The maximum atomic E-state index is 12.1. The lowest BCUT2D eigenvalue weighted by Gasteiger charge is -2.14. The molecule has 3 rings (SSSR count). The van der Waals surface area contributed by atoms with Crippen molar-refractivity contribution >= 4 is 11.8 Å². The minimum absolute atomic E-state index is 0.226. The first-order chi connectivity index (χ1) is 13.7. The predicted molar refractivity (Wildman–Crippen MR) is 104 cm³/mol. The van der Waals surface area contributed by atoms with Crippen LogP contribution in [0.15, 0.2) is 53.2 Å². The lowest BCUT2D eigenvalue weighted by atomic mass is 10.2. The second-order valence-corrected chi connectivity index (χ2v) is 6.00. The molecule has 0 saturated carbocycles. The highest BCUT2D eigenvalue weighted by Crippen LogP contribution is 2.31. The Kier molecular flexibility index (Phi) is 6.46. The Labute approximate surface area is 162 Å². The Hall–Kier alpha value is -3.55. The third-order valence-corrected chi connectivity index (χ3v) is 3.68. The molecule has 0 aliphatic heterocycles. The number of benzene rings is 1. The van der Waals surface area contributed by atoms with Gasteiger partial charge in [-0.1, -0.05) is 30.3 Å². The van der Waals surface area contributed by atoms with Gasteiger partial charge in [-0.25, -0.2) is 9.78 Å². The number of amides is 2. The van der Waals surface area contributed by atoms with Gasteiger partial charge < -0.3 is 19.3 Å². The van der Waals surface area contributed by atoms with Crippen molar-refractivity contribution < 1.29 is 18.8 Å². The minimum atomic E-state index is -0.408. The van der Waals surface area contributed by atoms with Crippen LogP contribution in [0.4, 0.5) is 10.6 Å². The van der Waals surface area contributed by atoms with Gasteiger partial charge in [0.2, 0.25) is 5.88 Å². The highest BCUT2D eigenvalue weighted by molar-refractivity contribution is 5.88. The molecule has 0 unspecified atom stereocenters. The van der Waals surface area contributed by atoms with Crippen LogP contribution in [0.5, 0.6) is 17.4 Å². The molecule has 2 heterocycles. The van der Waals surface area contributed by atoms with Crippen LogP contribution >= 0.6 is 0 Å². The van der Waals surface area contributed by atoms with Crippen LogP contribution in [-0.2, 0) is 6.54 Å². The fourth-order valence-electron chi connectivity index (χ4n) is 2.38. The number of carbonyl (C=O) groups excluding carboxylic acids is 1. The van der Waals surface area contributed by atoms with Gasteiger partial charge in [0.05, 0.1) is 6.61 Å². The molecule has 0 spiro atoms. The molecule has 0 aliphatic carbocycles. The second kappa shape index (κ2) is 9.40. The Bertz CT molecular complexity index is 926. The maximum absolute atomic E-state index is 12.1. The number of pyridine rings is 1. The van der Waals surface area contributed by atoms with E-state index in [4.69, 9.17) is 14.0 Å². The van der Waals surface area contributed by atoms with Crippen LogP contribution in [0.2, 0.25) is 0 Å². The highest BCUT2D eigenvalue weighted by atomic mass is 16.5. The monoisotopic (exact) mass is 382 g/mol. The van der Waals surface area contributed by atoms with E-state index in [0.29, 0.717) is 35.6 Å². The number of nitrogens with zero attached hydrogens (tertiary/aromatic N) is 2. The van der Waals surface area contributed by atoms with Crippen molar-refractivity contribution in [1.29, 1.82) is 0 Å². The molecule has 8 heteroatoms. The molecule has 2 N–H and O–H groups in total. The number of para-hydroxylation sites is 2. The fourth-order valence-corrected chi connectivity index (χ4v) is 2.38. The molecule has 1 aromatic carbocycles. The van der Waals surface area contributed by atoms with Crippen LogP contribution in [0.25, 0.3) is 0 Å². The zero-order chi connectivity index (χ0) is 19.8. The molecule has 0 aliphatic rings. The average molecular weight is 382 g/mol. The summed E-state index contributed by atoms with van der Waals surface area (Å²) in [6.45, 7) is 4.61. The van der Waals surface area contributed by atoms with Crippen molar-refractivity contribution in [1.82, 2.24) is 15.5 Å². The number of hydrogen-bond donors (Lipinski definition) is 2. The van der Waals surface area contributed by atoms with Crippen molar-refractivity contribution in [2.45, 2.75) is 26.8 Å². The van der Waals surface area contributed by atoms with Crippen LogP contribution in [0.3, 0.4) is 0 Å². The average Bonchev–Trinajstić information content (AvgIpc) is 3.11. The summed E-state index contributed by atoms with van der Waals surface area (Å²) < 4.78 is 16.6. The summed E-state index contributed by atoms with van der Waals surface area (Å²) in [5, 5.41) is 9.07. The SMILES string of the molecule is CCCOc1ccccc1Oc1ncccc1CNC(=O)Nc1cc(C)on1. The van der Waals surface area contributed by atoms with Crippen molar-refractivity contribution in [3.05, 3.63) is 60.0 Å². The van der Waals surface area contributed by atoms with E-state index in [2.05, 4.69) is 20.8 Å². The number of rotatable bonds is 8. The van der Waals surface area contributed by atoms with Crippen LogP contribution in [-0.4, -0.2) is 22.8 Å². The lowest BCUT2D eigenvalue weighted by Crippen LogP contribution is -2.28. The Morgan fingerprint density at radius 1 is 1.18 bits per heavy atom.